The predicted molar refractivity (Wildman–Crippen MR) is 107 cm³/mol. The van der Waals surface area contributed by atoms with Gasteiger partial charge >= 0.3 is 6.18 Å². The molecule has 156 valence electrons. The van der Waals surface area contributed by atoms with Gasteiger partial charge < -0.3 is 10.2 Å². The number of halogens is 4. The molecule has 3 aromatic rings. The van der Waals surface area contributed by atoms with Crippen LogP contribution in [0.3, 0.4) is 0 Å². The lowest BCUT2D eigenvalue weighted by Crippen LogP contribution is -2.32. The van der Waals surface area contributed by atoms with Gasteiger partial charge in [-0.05, 0) is 30.7 Å². The Labute approximate surface area is 176 Å². The summed E-state index contributed by atoms with van der Waals surface area (Å²) < 4.78 is 38.2. The van der Waals surface area contributed by atoms with Crippen LogP contribution in [-0.4, -0.2) is 26.5 Å². The average Bonchev–Trinajstić information content (AvgIpc) is 2.74. The Hall–Kier alpha value is -2.94. The molecule has 30 heavy (non-hydrogen) atoms. The van der Waals surface area contributed by atoms with E-state index in [-0.39, 0.29) is 6.04 Å². The number of pyridine rings is 2. The molecule has 4 heterocycles. The summed E-state index contributed by atoms with van der Waals surface area (Å²) in [6, 6.07) is 5.77. The van der Waals surface area contributed by atoms with Crippen molar-refractivity contribution in [1.29, 1.82) is 0 Å². The molecular formula is C20H18ClF3N6. The summed E-state index contributed by atoms with van der Waals surface area (Å²) in [5, 5.41) is 3.86. The number of hydrogen-bond acceptors (Lipinski definition) is 6. The summed E-state index contributed by atoms with van der Waals surface area (Å²) in [7, 11) is 0. The molecule has 6 nitrogen and oxygen atoms in total. The summed E-state index contributed by atoms with van der Waals surface area (Å²) in [5.74, 6) is 1.45. The number of anilines is 2. The highest BCUT2D eigenvalue weighted by molar-refractivity contribution is 6.30. The first-order valence-electron chi connectivity index (χ1n) is 9.30. The van der Waals surface area contributed by atoms with E-state index in [4.69, 9.17) is 11.6 Å². The normalized spacial score (nSPS) is 14.9. The van der Waals surface area contributed by atoms with Crippen molar-refractivity contribution in [1.82, 2.24) is 19.9 Å². The minimum Gasteiger partial charge on any atom is -0.363 e. The molecule has 0 radical (unpaired) electrons. The molecule has 0 aromatic carbocycles. The van der Waals surface area contributed by atoms with Crippen LogP contribution in [0, 0.1) is 0 Å². The van der Waals surface area contributed by atoms with Gasteiger partial charge in [-0.1, -0.05) is 17.7 Å². The lowest BCUT2D eigenvalue weighted by molar-refractivity contribution is -0.141. The van der Waals surface area contributed by atoms with Gasteiger partial charge in [0.15, 0.2) is 0 Å². The van der Waals surface area contributed by atoms with E-state index in [0.717, 1.165) is 36.1 Å². The quantitative estimate of drug-likeness (QED) is 0.643. The maximum Gasteiger partial charge on any atom is 0.433 e. The molecule has 1 aliphatic heterocycles. The first kappa shape index (κ1) is 20.3. The zero-order chi connectivity index (χ0) is 21.3. The third-order valence-electron chi connectivity index (χ3n) is 4.97. The van der Waals surface area contributed by atoms with Crippen LogP contribution in [0.4, 0.5) is 24.8 Å². The van der Waals surface area contributed by atoms with E-state index < -0.39 is 11.9 Å². The Kier molecular flexibility index (Phi) is 5.46. The SMILES string of the molecule is CC(Nc1ncnc2c1CN(c1ccc(Cl)cn1)CC2)c1ccc(C(F)(F)F)nc1. The van der Waals surface area contributed by atoms with Gasteiger partial charge in [0.1, 0.15) is 23.7 Å². The first-order chi connectivity index (χ1) is 14.3. The fraction of sp³-hybridized carbons (Fsp3) is 0.300. The molecule has 0 aliphatic carbocycles. The van der Waals surface area contributed by atoms with Gasteiger partial charge in [-0.15, -0.1) is 0 Å². The largest absolute Gasteiger partial charge is 0.433 e. The van der Waals surface area contributed by atoms with Crippen LogP contribution in [0.5, 0.6) is 0 Å². The summed E-state index contributed by atoms with van der Waals surface area (Å²) in [6.07, 6.45) is 0.604. The second-order valence-electron chi connectivity index (χ2n) is 6.99. The fourth-order valence-electron chi connectivity index (χ4n) is 3.33. The summed E-state index contributed by atoms with van der Waals surface area (Å²) >= 11 is 5.93. The van der Waals surface area contributed by atoms with Crippen molar-refractivity contribution in [2.24, 2.45) is 0 Å². The van der Waals surface area contributed by atoms with Crippen molar-refractivity contribution in [3.8, 4) is 0 Å². The Balaban J connectivity index is 1.54. The minimum atomic E-state index is -4.46. The lowest BCUT2D eigenvalue weighted by Gasteiger charge is -2.30. The van der Waals surface area contributed by atoms with Crippen LogP contribution >= 0.6 is 11.6 Å². The average molecular weight is 435 g/mol. The number of fused-ring (bicyclic) bond motifs is 1. The molecule has 0 spiro atoms. The van der Waals surface area contributed by atoms with Crippen LogP contribution in [0.2, 0.25) is 5.02 Å². The molecule has 1 aliphatic rings. The van der Waals surface area contributed by atoms with E-state index in [1.54, 1.807) is 12.3 Å². The van der Waals surface area contributed by atoms with Crippen molar-refractivity contribution in [3.63, 3.8) is 0 Å². The van der Waals surface area contributed by atoms with E-state index in [0.29, 0.717) is 22.9 Å². The van der Waals surface area contributed by atoms with Crippen LogP contribution in [-0.2, 0) is 19.1 Å². The van der Waals surface area contributed by atoms with Gasteiger partial charge in [-0.2, -0.15) is 13.2 Å². The highest BCUT2D eigenvalue weighted by Gasteiger charge is 2.32. The Morgan fingerprint density at radius 3 is 2.57 bits per heavy atom. The van der Waals surface area contributed by atoms with Crippen molar-refractivity contribution >= 4 is 23.2 Å². The molecule has 1 unspecified atom stereocenters. The first-order valence-corrected chi connectivity index (χ1v) is 9.68. The topological polar surface area (TPSA) is 66.8 Å². The lowest BCUT2D eigenvalue weighted by atomic mass is 10.0. The monoisotopic (exact) mass is 434 g/mol. The van der Waals surface area contributed by atoms with Crippen molar-refractivity contribution < 1.29 is 13.2 Å². The Morgan fingerprint density at radius 2 is 1.90 bits per heavy atom. The zero-order valence-electron chi connectivity index (χ0n) is 16.0. The minimum absolute atomic E-state index is 0.289. The van der Waals surface area contributed by atoms with Gasteiger partial charge in [0.2, 0.25) is 0 Å². The van der Waals surface area contributed by atoms with Gasteiger partial charge in [0.05, 0.1) is 16.8 Å². The maximum atomic E-state index is 12.7. The van der Waals surface area contributed by atoms with Crippen LogP contribution < -0.4 is 10.2 Å². The van der Waals surface area contributed by atoms with Gasteiger partial charge in [-0.3, -0.25) is 4.98 Å². The fourth-order valence-corrected chi connectivity index (χ4v) is 3.45. The maximum absolute atomic E-state index is 12.7. The van der Waals surface area contributed by atoms with Crippen LogP contribution in [0.25, 0.3) is 0 Å². The zero-order valence-corrected chi connectivity index (χ0v) is 16.7. The molecule has 0 bridgehead atoms. The molecule has 4 rings (SSSR count). The molecule has 0 saturated heterocycles. The van der Waals surface area contributed by atoms with Crippen LogP contribution in [0.15, 0.2) is 43.0 Å². The molecule has 10 heteroatoms. The second kappa shape index (κ2) is 8.06. The van der Waals surface area contributed by atoms with E-state index in [9.17, 15) is 13.2 Å². The van der Waals surface area contributed by atoms with Crippen molar-refractivity contribution in [2.45, 2.75) is 32.1 Å². The molecule has 0 amide bonds. The van der Waals surface area contributed by atoms with E-state index in [1.165, 1.54) is 18.6 Å². The van der Waals surface area contributed by atoms with E-state index in [2.05, 4.69) is 30.2 Å². The molecule has 0 fully saturated rings. The molecule has 0 saturated carbocycles. The van der Waals surface area contributed by atoms with Crippen LogP contribution in [0.1, 0.15) is 35.5 Å². The third-order valence-corrected chi connectivity index (χ3v) is 5.19. The number of alkyl halides is 3. The van der Waals surface area contributed by atoms with Crippen molar-refractivity contribution in [2.75, 3.05) is 16.8 Å². The predicted octanol–water partition coefficient (Wildman–Crippen LogP) is 4.67. The van der Waals surface area contributed by atoms with Crippen molar-refractivity contribution in [3.05, 3.63) is 70.5 Å². The van der Waals surface area contributed by atoms with Gasteiger partial charge in [0, 0.05) is 37.5 Å². The summed E-state index contributed by atoms with van der Waals surface area (Å²) in [5.41, 5.74) is 1.59. The standard InChI is InChI=1S/C20H18ClF3N6/c1-12(13-2-4-17(25-8-13)20(22,23)24)29-19-15-10-30(7-6-16(15)27-11-28-19)18-5-3-14(21)9-26-18/h2-5,8-9,11-12H,6-7,10H2,1H3,(H,27,28,29). The number of hydrogen-bond donors (Lipinski definition) is 1. The van der Waals surface area contributed by atoms with E-state index >= 15 is 0 Å². The highest BCUT2D eigenvalue weighted by Crippen LogP contribution is 2.30. The van der Waals surface area contributed by atoms with E-state index in [1.807, 2.05) is 13.0 Å². The molecular weight excluding hydrogens is 417 g/mol. The Bertz CT molecular complexity index is 1020. The van der Waals surface area contributed by atoms with Gasteiger partial charge in [0.25, 0.3) is 0 Å². The third kappa shape index (κ3) is 4.30. The smallest absolute Gasteiger partial charge is 0.363 e. The number of nitrogens with one attached hydrogen (secondary N) is 1. The second-order valence-corrected chi connectivity index (χ2v) is 7.43. The number of aromatic nitrogens is 4. The summed E-state index contributed by atoms with van der Waals surface area (Å²) in [4.78, 5) is 18.8. The molecule has 1 N–H and O–H groups in total. The number of rotatable bonds is 4. The molecule has 1 atom stereocenters. The van der Waals surface area contributed by atoms with Gasteiger partial charge in [-0.25, -0.2) is 15.0 Å². The summed E-state index contributed by atoms with van der Waals surface area (Å²) in [6.45, 7) is 3.17. The Morgan fingerprint density at radius 1 is 1.07 bits per heavy atom. The highest BCUT2D eigenvalue weighted by atomic mass is 35.5. The number of nitrogens with zero attached hydrogens (tertiary/aromatic N) is 5. The molecule has 3 aromatic heterocycles.